The van der Waals surface area contributed by atoms with Crippen molar-refractivity contribution in [1.29, 1.82) is 0 Å². The summed E-state index contributed by atoms with van der Waals surface area (Å²) >= 11 is 0. The fraction of sp³-hybridized carbons (Fsp3) is 0.500. The van der Waals surface area contributed by atoms with Crippen LogP contribution in [-0.2, 0) is 13.0 Å². The average Bonchev–Trinajstić information content (AvgIpc) is 2.96. The molecule has 0 radical (unpaired) electrons. The van der Waals surface area contributed by atoms with E-state index in [1.807, 2.05) is 10.8 Å². The molecular weight excluding hydrogens is 206 g/mol. The van der Waals surface area contributed by atoms with Crippen LogP contribution >= 0.6 is 0 Å². The van der Waals surface area contributed by atoms with Crippen molar-refractivity contribution in [3.05, 3.63) is 30.4 Å². The zero-order valence-electron chi connectivity index (χ0n) is 9.21. The van der Waals surface area contributed by atoms with Gasteiger partial charge < -0.3 is 14.8 Å². The molecule has 86 valence electrons. The van der Waals surface area contributed by atoms with Gasteiger partial charge in [-0.2, -0.15) is 4.98 Å². The summed E-state index contributed by atoms with van der Waals surface area (Å²) in [6, 6.07) is 0.0326. The van der Waals surface area contributed by atoms with Crippen molar-refractivity contribution in [2.75, 3.05) is 0 Å². The molecule has 2 N–H and O–H groups in total. The molecule has 2 aromatic rings. The molecule has 0 unspecified atom stereocenters. The van der Waals surface area contributed by atoms with E-state index in [9.17, 15) is 0 Å². The minimum Gasteiger partial charge on any atom is -0.340 e. The summed E-state index contributed by atoms with van der Waals surface area (Å²) in [4.78, 5) is 8.08. The van der Waals surface area contributed by atoms with E-state index in [1.54, 1.807) is 6.33 Å². The molecule has 0 aromatic carbocycles. The van der Waals surface area contributed by atoms with E-state index < -0.39 is 0 Å². The van der Waals surface area contributed by atoms with E-state index in [4.69, 9.17) is 10.3 Å². The van der Waals surface area contributed by atoms with E-state index in [0.29, 0.717) is 12.3 Å². The quantitative estimate of drug-likeness (QED) is 0.811. The maximum atomic E-state index is 5.98. The summed E-state index contributed by atoms with van der Waals surface area (Å²) in [7, 11) is 0. The standard InChI is InChI=1S/C10H15N5O/c1-2-8(11)9-5-12-7-15(9)4-3-10-13-6-14-16-10/h5-8H,2-4,11H2,1H3/t8-/m1/s1. The Bertz CT molecular complexity index is 422. The highest BCUT2D eigenvalue weighted by atomic mass is 16.5. The Hall–Kier alpha value is -1.69. The molecule has 2 rings (SSSR count). The molecule has 0 aliphatic heterocycles. The molecule has 0 spiro atoms. The van der Waals surface area contributed by atoms with Gasteiger partial charge in [0, 0.05) is 25.2 Å². The van der Waals surface area contributed by atoms with Crippen molar-refractivity contribution in [2.45, 2.75) is 32.4 Å². The van der Waals surface area contributed by atoms with Gasteiger partial charge in [-0.1, -0.05) is 12.1 Å². The first-order chi connectivity index (χ1) is 7.81. The number of rotatable bonds is 5. The van der Waals surface area contributed by atoms with Crippen LogP contribution in [0.2, 0.25) is 0 Å². The van der Waals surface area contributed by atoms with Crippen LogP contribution in [0.5, 0.6) is 0 Å². The lowest BCUT2D eigenvalue weighted by atomic mass is 10.2. The van der Waals surface area contributed by atoms with E-state index in [1.165, 1.54) is 6.33 Å². The maximum absolute atomic E-state index is 5.98. The first-order valence-corrected chi connectivity index (χ1v) is 5.32. The van der Waals surface area contributed by atoms with Crippen molar-refractivity contribution in [3.63, 3.8) is 0 Å². The van der Waals surface area contributed by atoms with E-state index >= 15 is 0 Å². The SMILES string of the molecule is CC[C@@H](N)c1cncn1CCc1ncno1. The summed E-state index contributed by atoms with van der Waals surface area (Å²) in [5, 5.41) is 3.56. The first kappa shape index (κ1) is 10.8. The third kappa shape index (κ3) is 2.27. The molecule has 1 atom stereocenters. The molecule has 0 aliphatic rings. The zero-order valence-corrected chi connectivity index (χ0v) is 9.21. The second-order valence-electron chi connectivity index (χ2n) is 3.61. The maximum Gasteiger partial charge on any atom is 0.228 e. The Morgan fingerprint density at radius 2 is 2.44 bits per heavy atom. The van der Waals surface area contributed by atoms with Gasteiger partial charge in [0.05, 0.1) is 12.0 Å². The van der Waals surface area contributed by atoms with Crippen molar-refractivity contribution >= 4 is 0 Å². The molecule has 6 heteroatoms. The fourth-order valence-corrected chi connectivity index (χ4v) is 1.56. The summed E-state index contributed by atoms with van der Waals surface area (Å²) in [5.41, 5.74) is 7.02. The molecule has 0 saturated carbocycles. The van der Waals surface area contributed by atoms with Crippen LogP contribution in [0.1, 0.15) is 31.0 Å². The number of nitrogens with zero attached hydrogens (tertiary/aromatic N) is 4. The number of aryl methyl sites for hydroxylation is 2. The van der Waals surface area contributed by atoms with Crippen LogP contribution in [0.15, 0.2) is 23.4 Å². The molecule has 0 aliphatic carbocycles. The van der Waals surface area contributed by atoms with Crippen LogP contribution < -0.4 is 5.73 Å². The molecular formula is C10H15N5O. The number of imidazole rings is 1. The van der Waals surface area contributed by atoms with Gasteiger partial charge in [0.1, 0.15) is 0 Å². The lowest BCUT2D eigenvalue weighted by Gasteiger charge is -2.11. The first-order valence-electron chi connectivity index (χ1n) is 5.32. The highest BCUT2D eigenvalue weighted by Crippen LogP contribution is 2.13. The van der Waals surface area contributed by atoms with Gasteiger partial charge in [-0.15, -0.1) is 0 Å². The van der Waals surface area contributed by atoms with Gasteiger partial charge in [0.2, 0.25) is 5.89 Å². The van der Waals surface area contributed by atoms with E-state index in [0.717, 1.165) is 18.7 Å². The van der Waals surface area contributed by atoms with Crippen molar-refractivity contribution < 1.29 is 4.52 Å². The van der Waals surface area contributed by atoms with Crippen LogP contribution in [-0.4, -0.2) is 19.7 Å². The predicted molar refractivity (Wildman–Crippen MR) is 57.4 cm³/mol. The van der Waals surface area contributed by atoms with Gasteiger partial charge in [-0.05, 0) is 6.42 Å². The smallest absolute Gasteiger partial charge is 0.228 e. The second kappa shape index (κ2) is 4.89. The van der Waals surface area contributed by atoms with Crippen molar-refractivity contribution in [1.82, 2.24) is 19.7 Å². The largest absolute Gasteiger partial charge is 0.340 e. The highest BCUT2D eigenvalue weighted by molar-refractivity contribution is 5.04. The van der Waals surface area contributed by atoms with Gasteiger partial charge in [0.25, 0.3) is 0 Å². The molecule has 16 heavy (non-hydrogen) atoms. The monoisotopic (exact) mass is 221 g/mol. The number of aromatic nitrogens is 4. The molecule has 0 bridgehead atoms. The van der Waals surface area contributed by atoms with Gasteiger partial charge >= 0.3 is 0 Å². The number of hydrogen-bond acceptors (Lipinski definition) is 5. The van der Waals surface area contributed by atoms with Crippen LogP contribution in [0.4, 0.5) is 0 Å². The van der Waals surface area contributed by atoms with Crippen molar-refractivity contribution in [2.24, 2.45) is 5.73 Å². The third-order valence-electron chi connectivity index (χ3n) is 2.54. The fourth-order valence-electron chi connectivity index (χ4n) is 1.56. The Kier molecular flexibility index (Phi) is 3.31. The van der Waals surface area contributed by atoms with Gasteiger partial charge in [-0.25, -0.2) is 4.98 Å². The average molecular weight is 221 g/mol. The molecule has 2 aromatic heterocycles. The minimum atomic E-state index is 0.0326. The Balaban J connectivity index is 2.01. The topological polar surface area (TPSA) is 82.8 Å². The van der Waals surface area contributed by atoms with Gasteiger partial charge in [-0.3, -0.25) is 0 Å². The Labute approximate surface area is 93.5 Å². The Morgan fingerprint density at radius 3 is 3.12 bits per heavy atom. The molecule has 0 amide bonds. The lowest BCUT2D eigenvalue weighted by Crippen LogP contribution is -2.15. The van der Waals surface area contributed by atoms with Crippen LogP contribution in [0.25, 0.3) is 0 Å². The third-order valence-corrected chi connectivity index (χ3v) is 2.54. The van der Waals surface area contributed by atoms with Crippen LogP contribution in [0.3, 0.4) is 0 Å². The Morgan fingerprint density at radius 1 is 1.56 bits per heavy atom. The highest BCUT2D eigenvalue weighted by Gasteiger charge is 2.10. The summed E-state index contributed by atoms with van der Waals surface area (Å²) in [5.74, 6) is 0.629. The minimum absolute atomic E-state index is 0.0326. The molecule has 6 nitrogen and oxygen atoms in total. The normalized spacial score (nSPS) is 12.9. The van der Waals surface area contributed by atoms with E-state index in [-0.39, 0.29) is 6.04 Å². The number of hydrogen-bond donors (Lipinski definition) is 1. The van der Waals surface area contributed by atoms with Gasteiger partial charge in [0.15, 0.2) is 6.33 Å². The zero-order chi connectivity index (χ0) is 11.4. The predicted octanol–water partition coefficient (Wildman–Crippen LogP) is 0.919. The number of nitrogens with two attached hydrogens (primary N) is 1. The van der Waals surface area contributed by atoms with Crippen molar-refractivity contribution in [3.8, 4) is 0 Å². The molecule has 2 heterocycles. The molecule has 0 saturated heterocycles. The van der Waals surface area contributed by atoms with Crippen LogP contribution in [0, 0.1) is 0 Å². The lowest BCUT2D eigenvalue weighted by molar-refractivity contribution is 0.369. The summed E-state index contributed by atoms with van der Waals surface area (Å²) in [6.45, 7) is 2.81. The summed E-state index contributed by atoms with van der Waals surface area (Å²) < 4.78 is 6.96. The molecule has 0 fully saturated rings. The second-order valence-corrected chi connectivity index (χ2v) is 3.61. The van der Waals surface area contributed by atoms with E-state index in [2.05, 4.69) is 22.0 Å². The summed E-state index contributed by atoms with van der Waals surface area (Å²) in [6.07, 6.45) is 6.58.